The van der Waals surface area contributed by atoms with Crippen LogP contribution in [0.4, 0.5) is 0 Å². The first kappa shape index (κ1) is 12.7. The second-order valence-corrected chi connectivity index (χ2v) is 4.75. The number of nitrogens with zero attached hydrogens (tertiary/aromatic N) is 4. The van der Waals surface area contributed by atoms with Gasteiger partial charge in [-0.25, -0.2) is 0 Å². The topological polar surface area (TPSA) is 54.5 Å². The lowest BCUT2D eigenvalue weighted by atomic mass is 10.1. The Hall–Kier alpha value is -1.80. The standard InChI is InChI=1S/C13H14N4S/c1-3-17-12(11-7-5-4-6-10(11)2)15-16-13(17)18-9-8-14/h4-7H,3,9H2,1-2H3. The largest absolute Gasteiger partial charge is 0.302 e. The Morgan fingerprint density at radius 3 is 2.78 bits per heavy atom. The van der Waals surface area contributed by atoms with Crippen LogP contribution >= 0.6 is 11.8 Å². The van der Waals surface area contributed by atoms with Crippen molar-refractivity contribution in [2.24, 2.45) is 0 Å². The lowest BCUT2D eigenvalue weighted by Crippen LogP contribution is -2.00. The van der Waals surface area contributed by atoms with Gasteiger partial charge in [0, 0.05) is 12.1 Å². The predicted octanol–water partition coefficient (Wildman–Crippen LogP) is 2.89. The van der Waals surface area contributed by atoms with Gasteiger partial charge in [-0.15, -0.1) is 10.2 Å². The van der Waals surface area contributed by atoms with Gasteiger partial charge >= 0.3 is 0 Å². The molecule has 1 heterocycles. The summed E-state index contributed by atoms with van der Waals surface area (Å²) in [6.07, 6.45) is 0. The Morgan fingerprint density at radius 1 is 1.33 bits per heavy atom. The van der Waals surface area contributed by atoms with Crippen molar-refractivity contribution in [3.8, 4) is 17.5 Å². The molecule has 18 heavy (non-hydrogen) atoms. The highest BCUT2D eigenvalue weighted by Crippen LogP contribution is 2.25. The first-order valence-electron chi connectivity index (χ1n) is 5.77. The first-order chi connectivity index (χ1) is 8.77. The fourth-order valence-electron chi connectivity index (χ4n) is 1.80. The smallest absolute Gasteiger partial charge is 0.192 e. The van der Waals surface area contributed by atoms with Gasteiger partial charge in [0.05, 0.1) is 11.8 Å². The maximum atomic E-state index is 8.63. The van der Waals surface area contributed by atoms with E-state index in [0.29, 0.717) is 5.75 Å². The summed E-state index contributed by atoms with van der Waals surface area (Å²) < 4.78 is 2.05. The van der Waals surface area contributed by atoms with Crippen molar-refractivity contribution in [3.05, 3.63) is 29.8 Å². The number of hydrogen-bond donors (Lipinski definition) is 0. The van der Waals surface area contributed by atoms with Gasteiger partial charge in [0.15, 0.2) is 11.0 Å². The zero-order chi connectivity index (χ0) is 13.0. The summed E-state index contributed by atoms with van der Waals surface area (Å²) in [5.41, 5.74) is 2.27. The molecule has 0 fully saturated rings. The van der Waals surface area contributed by atoms with E-state index >= 15 is 0 Å². The molecule has 0 atom stereocenters. The Morgan fingerprint density at radius 2 is 2.11 bits per heavy atom. The van der Waals surface area contributed by atoms with Gasteiger partial charge in [-0.3, -0.25) is 0 Å². The summed E-state index contributed by atoms with van der Waals surface area (Å²) in [4.78, 5) is 0. The van der Waals surface area contributed by atoms with Crippen LogP contribution in [-0.2, 0) is 6.54 Å². The minimum absolute atomic E-state index is 0.395. The molecular formula is C13H14N4S. The summed E-state index contributed by atoms with van der Waals surface area (Å²) >= 11 is 1.42. The van der Waals surface area contributed by atoms with Gasteiger partial charge in [-0.1, -0.05) is 36.0 Å². The van der Waals surface area contributed by atoms with Crippen LogP contribution < -0.4 is 0 Å². The number of aryl methyl sites for hydroxylation is 1. The van der Waals surface area contributed by atoms with Crippen LogP contribution in [0.1, 0.15) is 12.5 Å². The number of benzene rings is 1. The molecule has 0 amide bonds. The van der Waals surface area contributed by atoms with Gasteiger partial charge in [-0.05, 0) is 19.4 Å². The van der Waals surface area contributed by atoms with Gasteiger partial charge in [0.2, 0.25) is 0 Å². The third-order valence-corrected chi connectivity index (χ3v) is 3.52. The Bertz CT molecular complexity index is 583. The highest BCUT2D eigenvalue weighted by Gasteiger charge is 2.13. The summed E-state index contributed by atoms with van der Waals surface area (Å²) in [6.45, 7) is 4.91. The molecule has 1 aromatic heterocycles. The van der Waals surface area contributed by atoms with Crippen LogP contribution in [0, 0.1) is 18.3 Å². The monoisotopic (exact) mass is 258 g/mol. The van der Waals surface area contributed by atoms with Crippen molar-refractivity contribution in [1.82, 2.24) is 14.8 Å². The van der Waals surface area contributed by atoms with E-state index in [9.17, 15) is 0 Å². The number of hydrogen-bond acceptors (Lipinski definition) is 4. The van der Waals surface area contributed by atoms with E-state index in [0.717, 1.165) is 23.1 Å². The molecule has 0 saturated heterocycles. The summed E-state index contributed by atoms with van der Waals surface area (Å²) in [6, 6.07) is 10.2. The van der Waals surface area contributed by atoms with Crippen LogP contribution in [0.25, 0.3) is 11.4 Å². The zero-order valence-electron chi connectivity index (χ0n) is 10.4. The average Bonchev–Trinajstić information content (AvgIpc) is 2.79. The number of nitriles is 1. The van der Waals surface area contributed by atoms with Crippen molar-refractivity contribution < 1.29 is 0 Å². The number of thioether (sulfide) groups is 1. The molecule has 0 aliphatic carbocycles. The van der Waals surface area contributed by atoms with E-state index in [1.165, 1.54) is 17.3 Å². The van der Waals surface area contributed by atoms with Crippen LogP contribution in [0.15, 0.2) is 29.4 Å². The Kier molecular flexibility index (Phi) is 4.00. The zero-order valence-corrected chi connectivity index (χ0v) is 11.2. The van der Waals surface area contributed by atoms with E-state index < -0.39 is 0 Å². The number of aromatic nitrogens is 3. The normalized spacial score (nSPS) is 10.3. The van der Waals surface area contributed by atoms with Gasteiger partial charge < -0.3 is 4.57 Å². The summed E-state index contributed by atoms with van der Waals surface area (Å²) in [5, 5.41) is 17.9. The fourth-order valence-corrected chi connectivity index (χ4v) is 2.46. The molecule has 0 spiro atoms. The highest BCUT2D eigenvalue weighted by atomic mass is 32.2. The SMILES string of the molecule is CCn1c(SCC#N)nnc1-c1ccccc1C. The third kappa shape index (κ3) is 2.39. The summed E-state index contributed by atoms with van der Waals surface area (Å²) in [7, 11) is 0. The minimum Gasteiger partial charge on any atom is -0.302 e. The molecule has 0 aliphatic heterocycles. The molecular weight excluding hydrogens is 244 g/mol. The fraction of sp³-hybridized carbons (Fsp3) is 0.308. The molecule has 1 aromatic carbocycles. The molecule has 0 unspecified atom stereocenters. The number of rotatable bonds is 4. The second-order valence-electron chi connectivity index (χ2n) is 3.81. The maximum absolute atomic E-state index is 8.63. The lowest BCUT2D eigenvalue weighted by molar-refractivity contribution is 0.687. The quantitative estimate of drug-likeness (QED) is 0.791. The molecule has 5 heteroatoms. The molecule has 0 radical (unpaired) electrons. The Balaban J connectivity index is 2.43. The van der Waals surface area contributed by atoms with Crippen molar-refractivity contribution in [2.45, 2.75) is 25.5 Å². The van der Waals surface area contributed by atoms with Crippen LogP contribution in [0.2, 0.25) is 0 Å². The minimum atomic E-state index is 0.395. The molecule has 2 aromatic rings. The average molecular weight is 258 g/mol. The van der Waals surface area contributed by atoms with E-state index in [-0.39, 0.29) is 0 Å². The predicted molar refractivity (Wildman–Crippen MR) is 72.2 cm³/mol. The maximum Gasteiger partial charge on any atom is 0.192 e. The van der Waals surface area contributed by atoms with Crippen LogP contribution in [-0.4, -0.2) is 20.5 Å². The van der Waals surface area contributed by atoms with Crippen molar-refractivity contribution in [3.63, 3.8) is 0 Å². The third-order valence-electron chi connectivity index (χ3n) is 2.68. The summed E-state index contributed by atoms with van der Waals surface area (Å²) in [5.74, 6) is 1.27. The van der Waals surface area contributed by atoms with Crippen molar-refractivity contribution in [1.29, 1.82) is 5.26 Å². The molecule has 4 nitrogen and oxygen atoms in total. The van der Waals surface area contributed by atoms with E-state index in [4.69, 9.17) is 5.26 Å². The van der Waals surface area contributed by atoms with E-state index in [1.54, 1.807) is 0 Å². The molecule has 0 bridgehead atoms. The van der Waals surface area contributed by atoms with Crippen LogP contribution in [0.5, 0.6) is 0 Å². The molecule has 2 rings (SSSR count). The molecule has 92 valence electrons. The van der Waals surface area contributed by atoms with Crippen LogP contribution in [0.3, 0.4) is 0 Å². The van der Waals surface area contributed by atoms with E-state index in [2.05, 4.69) is 36.2 Å². The van der Waals surface area contributed by atoms with E-state index in [1.807, 2.05) is 22.8 Å². The molecule has 0 saturated carbocycles. The second kappa shape index (κ2) is 5.69. The van der Waals surface area contributed by atoms with Crippen molar-refractivity contribution in [2.75, 3.05) is 5.75 Å². The van der Waals surface area contributed by atoms with Gasteiger partial charge in [-0.2, -0.15) is 5.26 Å². The Labute approximate surface area is 111 Å². The highest BCUT2D eigenvalue weighted by molar-refractivity contribution is 7.99. The lowest BCUT2D eigenvalue weighted by Gasteiger charge is -2.08. The molecule has 0 N–H and O–H groups in total. The first-order valence-corrected chi connectivity index (χ1v) is 6.75. The molecule has 0 aliphatic rings. The van der Waals surface area contributed by atoms with Gasteiger partial charge in [0.1, 0.15) is 0 Å². The van der Waals surface area contributed by atoms with Gasteiger partial charge in [0.25, 0.3) is 0 Å². The van der Waals surface area contributed by atoms with Crippen molar-refractivity contribution >= 4 is 11.8 Å².